The lowest BCUT2D eigenvalue weighted by atomic mass is 9.96. The van der Waals surface area contributed by atoms with Crippen LogP contribution in [0.25, 0.3) is 17.2 Å². The minimum atomic E-state index is -1.40. The first-order valence-electron chi connectivity index (χ1n) is 10.5. The average molecular weight is 498 g/mol. The largest absolute Gasteiger partial charge is 0.496 e. The third-order valence-corrected chi connectivity index (χ3v) is 6.33. The lowest BCUT2D eigenvalue weighted by Gasteiger charge is -2.14. The van der Waals surface area contributed by atoms with Gasteiger partial charge in [-0.3, -0.25) is 4.21 Å². The molecular weight excluding hydrogens is 470 g/mol. The Kier molecular flexibility index (Phi) is 8.38. The van der Waals surface area contributed by atoms with E-state index in [0.29, 0.717) is 45.4 Å². The number of nitrogen functional groups attached to an aromatic ring is 1. The lowest BCUT2D eigenvalue weighted by molar-refractivity contribution is 0.0697. The van der Waals surface area contributed by atoms with Crippen LogP contribution in [0.15, 0.2) is 53.9 Å². The molecule has 0 amide bonds. The van der Waals surface area contributed by atoms with Gasteiger partial charge in [-0.2, -0.15) is 0 Å². The molecule has 0 bridgehead atoms. The van der Waals surface area contributed by atoms with Gasteiger partial charge in [-0.05, 0) is 42.0 Å². The maximum atomic E-state index is 12.9. The van der Waals surface area contributed by atoms with E-state index < -0.39 is 16.8 Å². The quantitative estimate of drug-likeness (QED) is 0.391. The molecule has 8 nitrogen and oxygen atoms in total. The van der Waals surface area contributed by atoms with Crippen LogP contribution in [0.1, 0.15) is 21.5 Å². The first kappa shape index (κ1) is 25.6. The highest BCUT2D eigenvalue weighted by Crippen LogP contribution is 2.36. The Labute approximate surface area is 206 Å². The maximum Gasteiger partial charge on any atom is 0.336 e. The molecule has 1 unspecified atom stereocenters. The van der Waals surface area contributed by atoms with Crippen LogP contribution in [0.2, 0.25) is 0 Å². The molecule has 0 fully saturated rings. The van der Waals surface area contributed by atoms with Crippen molar-refractivity contribution in [2.75, 3.05) is 34.2 Å². The number of anilines is 1. The standard InChI is InChI=1S/C26H27NO7S/c1-31-18-13-24(33-3)20(25(14-18)34-4)9-10-35(30)15-16-5-8-23(32-2)22(11-16)21-12-17(27)6-7-19(21)26(28)29/h5-14H,15,27H2,1-4H3,(H,28,29)/b10-9+. The SMILES string of the molecule is COc1cc(OC)c(/C=C/S(=O)Cc2ccc(OC)c(-c3cc(N)ccc3C(=O)O)c2)c(OC)c1. The molecule has 3 aromatic rings. The molecule has 0 aliphatic heterocycles. The van der Waals surface area contributed by atoms with Crippen molar-refractivity contribution in [3.63, 3.8) is 0 Å². The number of hydrogen-bond donors (Lipinski definition) is 2. The average Bonchev–Trinajstić information content (AvgIpc) is 2.86. The Morgan fingerprint density at radius 1 is 0.886 bits per heavy atom. The van der Waals surface area contributed by atoms with Gasteiger partial charge in [-0.1, -0.05) is 6.07 Å². The Hall–Kier alpha value is -3.98. The Morgan fingerprint density at radius 2 is 1.54 bits per heavy atom. The van der Waals surface area contributed by atoms with Crippen molar-refractivity contribution >= 4 is 28.5 Å². The second-order valence-electron chi connectivity index (χ2n) is 7.42. The summed E-state index contributed by atoms with van der Waals surface area (Å²) in [6.07, 6.45) is 1.68. The minimum absolute atomic E-state index is 0.0920. The van der Waals surface area contributed by atoms with Crippen molar-refractivity contribution in [1.29, 1.82) is 0 Å². The predicted molar refractivity (Wildman–Crippen MR) is 137 cm³/mol. The number of carbonyl (C=O) groups is 1. The van der Waals surface area contributed by atoms with Crippen LogP contribution in [0, 0.1) is 0 Å². The molecule has 0 heterocycles. The van der Waals surface area contributed by atoms with Gasteiger partial charge in [-0.25, -0.2) is 4.79 Å². The third kappa shape index (κ3) is 5.93. The molecule has 0 spiro atoms. The van der Waals surface area contributed by atoms with Gasteiger partial charge in [0, 0.05) is 34.4 Å². The normalized spacial score (nSPS) is 11.8. The van der Waals surface area contributed by atoms with Gasteiger partial charge < -0.3 is 29.8 Å². The van der Waals surface area contributed by atoms with E-state index in [2.05, 4.69) is 0 Å². The van der Waals surface area contributed by atoms with E-state index in [1.807, 2.05) is 0 Å². The van der Waals surface area contributed by atoms with Crippen LogP contribution in [0.4, 0.5) is 5.69 Å². The Balaban J connectivity index is 1.93. The molecule has 1 atom stereocenters. The Bertz CT molecular complexity index is 1260. The van der Waals surface area contributed by atoms with Crippen molar-refractivity contribution in [3.8, 4) is 34.1 Å². The molecule has 3 rings (SSSR count). The zero-order valence-corrected chi connectivity index (χ0v) is 20.7. The molecule has 0 aliphatic rings. The van der Waals surface area contributed by atoms with Gasteiger partial charge in [0.25, 0.3) is 0 Å². The van der Waals surface area contributed by atoms with E-state index >= 15 is 0 Å². The van der Waals surface area contributed by atoms with Crippen molar-refractivity contribution in [1.82, 2.24) is 0 Å². The van der Waals surface area contributed by atoms with Crippen LogP contribution in [-0.4, -0.2) is 43.7 Å². The summed E-state index contributed by atoms with van der Waals surface area (Å²) in [4.78, 5) is 11.8. The summed E-state index contributed by atoms with van der Waals surface area (Å²) in [6.45, 7) is 0. The molecule has 3 N–H and O–H groups in total. The van der Waals surface area contributed by atoms with Crippen molar-refractivity contribution < 1.29 is 33.1 Å². The molecule has 0 radical (unpaired) electrons. The second kappa shape index (κ2) is 11.4. The number of benzene rings is 3. The van der Waals surface area contributed by atoms with Crippen molar-refractivity contribution in [2.24, 2.45) is 0 Å². The summed E-state index contributed by atoms with van der Waals surface area (Å²) in [5.74, 6) is 1.20. The van der Waals surface area contributed by atoms with E-state index in [1.165, 1.54) is 33.5 Å². The Morgan fingerprint density at radius 3 is 2.11 bits per heavy atom. The summed E-state index contributed by atoms with van der Waals surface area (Å²) in [6, 6.07) is 13.3. The summed E-state index contributed by atoms with van der Waals surface area (Å²) >= 11 is 0. The molecule has 9 heteroatoms. The first-order chi connectivity index (χ1) is 16.8. The van der Waals surface area contributed by atoms with Gasteiger partial charge in [-0.15, -0.1) is 0 Å². The van der Waals surface area contributed by atoms with Crippen LogP contribution >= 0.6 is 0 Å². The second-order valence-corrected chi connectivity index (χ2v) is 8.74. The number of methoxy groups -OCH3 is 4. The number of aromatic carboxylic acids is 1. The predicted octanol–water partition coefficient (Wildman–Crippen LogP) is 4.59. The van der Waals surface area contributed by atoms with Gasteiger partial charge in [0.1, 0.15) is 23.0 Å². The molecule has 184 valence electrons. The van der Waals surface area contributed by atoms with Crippen LogP contribution in [-0.2, 0) is 16.6 Å². The van der Waals surface area contributed by atoms with Crippen LogP contribution < -0.4 is 24.7 Å². The zero-order chi connectivity index (χ0) is 25.5. The number of hydrogen-bond acceptors (Lipinski definition) is 7. The topological polar surface area (TPSA) is 117 Å². The molecule has 35 heavy (non-hydrogen) atoms. The van der Waals surface area contributed by atoms with Gasteiger partial charge in [0.2, 0.25) is 0 Å². The van der Waals surface area contributed by atoms with E-state index in [0.717, 1.165) is 5.56 Å². The van der Waals surface area contributed by atoms with Crippen LogP contribution in [0.3, 0.4) is 0 Å². The van der Waals surface area contributed by atoms with E-state index in [-0.39, 0.29) is 11.3 Å². The monoisotopic (exact) mass is 497 g/mol. The van der Waals surface area contributed by atoms with E-state index in [4.69, 9.17) is 24.7 Å². The van der Waals surface area contributed by atoms with E-state index in [9.17, 15) is 14.1 Å². The van der Waals surface area contributed by atoms with Gasteiger partial charge in [0.15, 0.2) is 0 Å². The molecule has 0 saturated heterocycles. The van der Waals surface area contributed by atoms with Gasteiger partial charge in [0.05, 0.1) is 56.1 Å². The molecular formula is C26H27NO7S. The number of carboxylic acids is 1. The number of carboxylic acid groups (broad SMARTS) is 1. The molecule has 0 aliphatic carbocycles. The number of rotatable bonds is 10. The molecule has 0 saturated carbocycles. The lowest BCUT2D eigenvalue weighted by Crippen LogP contribution is -2.02. The van der Waals surface area contributed by atoms with Crippen molar-refractivity contribution in [3.05, 3.63) is 70.6 Å². The fourth-order valence-corrected chi connectivity index (χ4v) is 4.47. The van der Waals surface area contributed by atoms with Crippen molar-refractivity contribution in [2.45, 2.75) is 5.75 Å². The highest BCUT2D eigenvalue weighted by molar-refractivity contribution is 7.87. The molecule has 0 aromatic heterocycles. The molecule has 3 aromatic carbocycles. The highest BCUT2D eigenvalue weighted by atomic mass is 32.2. The fourth-order valence-electron chi connectivity index (χ4n) is 3.58. The van der Waals surface area contributed by atoms with Gasteiger partial charge >= 0.3 is 5.97 Å². The number of ether oxygens (including phenoxy) is 4. The van der Waals surface area contributed by atoms with E-state index in [1.54, 1.807) is 55.0 Å². The first-order valence-corrected chi connectivity index (χ1v) is 11.8. The highest BCUT2D eigenvalue weighted by Gasteiger charge is 2.17. The minimum Gasteiger partial charge on any atom is -0.496 e. The smallest absolute Gasteiger partial charge is 0.336 e. The fraction of sp³-hybridized carbons (Fsp3) is 0.192. The number of nitrogens with two attached hydrogens (primary N) is 1. The summed E-state index contributed by atoms with van der Waals surface area (Å²) in [5, 5.41) is 11.2. The third-order valence-electron chi connectivity index (χ3n) is 5.28. The summed E-state index contributed by atoms with van der Waals surface area (Å²) in [5.41, 5.74) is 8.76. The summed E-state index contributed by atoms with van der Waals surface area (Å²) < 4.78 is 34.5. The maximum absolute atomic E-state index is 12.9. The zero-order valence-electron chi connectivity index (χ0n) is 19.9. The summed E-state index contributed by atoms with van der Waals surface area (Å²) in [7, 11) is 4.71. The van der Waals surface area contributed by atoms with Crippen LogP contribution in [0.5, 0.6) is 23.0 Å².